The number of aryl methyl sites for hydroxylation is 1. The Balaban J connectivity index is 1.18. The zero-order valence-electron chi connectivity index (χ0n) is 20.1. The third-order valence-electron chi connectivity index (χ3n) is 6.51. The van der Waals surface area contributed by atoms with E-state index in [1.165, 1.54) is 23.1 Å². The third kappa shape index (κ3) is 4.94. The summed E-state index contributed by atoms with van der Waals surface area (Å²) >= 11 is 9.29. The molecule has 0 radical (unpaired) electrons. The predicted molar refractivity (Wildman–Crippen MR) is 140 cm³/mol. The van der Waals surface area contributed by atoms with Gasteiger partial charge in [0.2, 0.25) is 5.82 Å². The van der Waals surface area contributed by atoms with Gasteiger partial charge in [-0.1, -0.05) is 29.4 Å². The summed E-state index contributed by atoms with van der Waals surface area (Å²) in [5, 5.41) is 12.8. The largest absolute Gasteiger partial charge is 0.461 e. The number of likely N-dealkylation sites (tertiary alicyclic amines) is 1. The van der Waals surface area contributed by atoms with Crippen LogP contribution in [0.3, 0.4) is 0 Å². The van der Waals surface area contributed by atoms with Gasteiger partial charge in [0.1, 0.15) is 10.7 Å². The van der Waals surface area contributed by atoms with E-state index in [-0.39, 0.29) is 5.91 Å². The summed E-state index contributed by atoms with van der Waals surface area (Å²) in [5.74, 6) is 1.17. The number of furan rings is 1. The highest BCUT2D eigenvalue weighted by atomic mass is 35.5. The van der Waals surface area contributed by atoms with Crippen LogP contribution in [0.25, 0.3) is 17.3 Å². The summed E-state index contributed by atoms with van der Waals surface area (Å²) in [6, 6.07) is 9.37. The van der Waals surface area contributed by atoms with Crippen LogP contribution >= 0.6 is 34.7 Å². The molecule has 2 saturated heterocycles. The van der Waals surface area contributed by atoms with Crippen molar-refractivity contribution in [1.82, 2.24) is 24.6 Å². The van der Waals surface area contributed by atoms with Crippen LogP contribution in [0.5, 0.6) is 0 Å². The lowest BCUT2D eigenvalue weighted by atomic mass is 10.0. The lowest BCUT2D eigenvalue weighted by Crippen LogP contribution is -2.47. The van der Waals surface area contributed by atoms with Gasteiger partial charge in [-0.15, -0.1) is 21.5 Å². The molecular formula is C25H24ClN5O4S2. The lowest BCUT2D eigenvalue weighted by molar-refractivity contribution is -0.181. The van der Waals surface area contributed by atoms with E-state index < -0.39 is 5.79 Å². The van der Waals surface area contributed by atoms with Gasteiger partial charge in [-0.25, -0.2) is 4.98 Å². The summed E-state index contributed by atoms with van der Waals surface area (Å²) in [6.07, 6.45) is 2.97. The smallest absolute Gasteiger partial charge is 0.273 e. The number of hydrogen-bond donors (Lipinski definition) is 0. The van der Waals surface area contributed by atoms with E-state index in [0.29, 0.717) is 72.4 Å². The molecule has 3 aromatic heterocycles. The number of halogens is 1. The molecule has 0 aliphatic carbocycles. The lowest BCUT2D eigenvalue weighted by Gasteiger charge is -2.37. The number of thiazole rings is 1. The number of hydrogen-bond acceptors (Lipinski definition) is 9. The number of amides is 1. The highest BCUT2D eigenvalue weighted by Crippen LogP contribution is 2.34. The summed E-state index contributed by atoms with van der Waals surface area (Å²) < 4.78 is 19.1. The first kappa shape index (κ1) is 24.6. The molecule has 2 fully saturated rings. The Bertz CT molecular complexity index is 1400. The van der Waals surface area contributed by atoms with Gasteiger partial charge in [0.25, 0.3) is 5.91 Å². The van der Waals surface area contributed by atoms with E-state index in [1.807, 2.05) is 52.1 Å². The summed E-state index contributed by atoms with van der Waals surface area (Å²) in [4.78, 5) is 19.5. The van der Waals surface area contributed by atoms with E-state index >= 15 is 0 Å². The molecule has 0 saturated carbocycles. The van der Waals surface area contributed by atoms with Gasteiger partial charge >= 0.3 is 0 Å². The average molecular weight is 558 g/mol. The van der Waals surface area contributed by atoms with Crippen molar-refractivity contribution in [2.45, 2.75) is 36.5 Å². The highest BCUT2D eigenvalue weighted by Gasteiger charge is 2.41. The molecule has 1 aromatic carbocycles. The monoisotopic (exact) mass is 557 g/mol. The third-order valence-corrected chi connectivity index (χ3v) is 8.72. The van der Waals surface area contributed by atoms with Crippen molar-refractivity contribution in [2.24, 2.45) is 0 Å². The molecule has 2 aliphatic rings. The van der Waals surface area contributed by atoms with Gasteiger partial charge in [0.05, 0.1) is 30.9 Å². The van der Waals surface area contributed by atoms with Crippen molar-refractivity contribution >= 4 is 40.6 Å². The van der Waals surface area contributed by atoms with Gasteiger partial charge in [0.15, 0.2) is 16.7 Å². The van der Waals surface area contributed by atoms with E-state index in [1.54, 1.807) is 6.26 Å². The van der Waals surface area contributed by atoms with Crippen molar-refractivity contribution in [3.63, 3.8) is 0 Å². The molecule has 1 amide bonds. The number of thioether (sulfide) groups is 1. The fourth-order valence-corrected chi connectivity index (χ4v) is 6.47. The van der Waals surface area contributed by atoms with Crippen LogP contribution in [0.2, 0.25) is 5.02 Å². The Hall–Kier alpha value is -2.70. The fraction of sp³-hybridized carbons (Fsp3) is 0.360. The molecule has 2 aliphatic heterocycles. The second-order valence-corrected chi connectivity index (χ2v) is 11.2. The minimum Gasteiger partial charge on any atom is -0.461 e. The molecule has 0 bridgehead atoms. The second-order valence-electron chi connectivity index (χ2n) is 8.86. The molecule has 12 heteroatoms. The van der Waals surface area contributed by atoms with Crippen molar-refractivity contribution < 1.29 is 18.7 Å². The van der Waals surface area contributed by atoms with Crippen LogP contribution in [0.4, 0.5) is 0 Å². The van der Waals surface area contributed by atoms with Crippen LogP contribution in [-0.4, -0.2) is 62.6 Å². The van der Waals surface area contributed by atoms with Gasteiger partial charge < -0.3 is 18.8 Å². The Morgan fingerprint density at radius 1 is 1.19 bits per heavy atom. The van der Waals surface area contributed by atoms with Crippen molar-refractivity contribution in [3.05, 3.63) is 63.3 Å². The van der Waals surface area contributed by atoms with Gasteiger partial charge in [-0.2, -0.15) is 0 Å². The minimum absolute atomic E-state index is 0.0572. The van der Waals surface area contributed by atoms with Crippen LogP contribution in [0.1, 0.15) is 33.9 Å². The molecule has 6 rings (SSSR count). The number of carbonyl (C=O) groups is 1. The number of carbonyl (C=O) groups excluding carboxylic acids is 1. The molecule has 0 atom stereocenters. The van der Waals surface area contributed by atoms with Crippen molar-refractivity contribution in [3.8, 4) is 17.3 Å². The molecule has 37 heavy (non-hydrogen) atoms. The number of ether oxygens (including phenoxy) is 2. The Kier molecular flexibility index (Phi) is 6.80. The molecule has 9 nitrogen and oxygen atoms in total. The number of benzene rings is 1. The number of piperidine rings is 1. The van der Waals surface area contributed by atoms with E-state index in [9.17, 15) is 4.79 Å². The average Bonchev–Trinajstić information content (AvgIpc) is 3.71. The number of aromatic nitrogens is 4. The van der Waals surface area contributed by atoms with Crippen LogP contribution in [-0.2, 0) is 15.2 Å². The quantitative estimate of drug-likeness (QED) is 0.298. The van der Waals surface area contributed by atoms with Crippen LogP contribution in [0, 0.1) is 6.92 Å². The first-order chi connectivity index (χ1) is 18.0. The van der Waals surface area contributed by atoms with Crippen molar-refractivity contribution in [1.29, 1.82) is 0 Å². The maximum absolute atomic E-state index is 13.1. The van der Waals surface area contributed by atoms with Crippen LogP contribution in [0.15, 0.2) is 51.5 Å². The molecule has 0 unspecified atom stereocenters. The number of rotatable bonds is 6. The predicted octanol–water partition coefficient (Wildman–Crippen LogP) is 5.22. The topological polar surface area (TPSA) is 95.5 Å². The van der Waals surface area contributed by atoms with E-state index in [2.05, 4.69) is 15.2 Å². The van der Waals surface area contributed by atoms with Gasteiger partial charge in [0, 0.05) is 36.3 Å². The molecule has 0 N–H and O–H groups in total. The Morgan fingerprint density at radius 3 is 2.76 bits per heavy atom. The molecule has 4 aromatic rings. The minimum atomic E-state index is -0.508. The van der Waals surface area contributed by atoms with E-state index in [0.717, 1.165) is 16.3 Å². The number of nitrogens with zero attached hydrogens (tertiary/aromatic N) is 5. The van der Waals surface area contributed by atoms with Crippen molar-refractivity contribution in [2.75, 3.05) is 26.3 Å². The molecule has 1 spiro atoms. The van der Waals surface area contributed by atoms with Gasteiger partial charge in [-0.3, -0.25) is 9.36 Å². The highest BCUT2D eigenvalue weighted by molar-refractivity contribution is 7.98. The Morgan fingerprint density at radius 2 is 2.00 bits per heavy atom. The SMILES string of the molecule is Cc1ccc(Cl)cc1-n1c(SCc2nc(C(=O)N3CCC4(CC3)OCCO4)cs2)nnc1-c1ccco1. The maximum atomic E-state index is 13.1. The van der Waals surface area contributed by atoms with Crippen LogP contribution < -0.4 is 0 Å². The van der Waals surface area contributed by atoms with Gasteiger partial charge in [-0.05, 0) is 36.8 Å². The van der Waals surface area contributed by atoms with E-state index in [4.69, 9.17) is 25.5 Å². The molecule has 192 valence electrons. The first-order valence-corrected chi connectivity index (χ1v) is 14.2. The summed E-state index contributed by atoms with van der Waals surface area (Å²) in [5.41, 5.74) is 2.37. The zero-order chi connectivity index (χ0) is 25.4. The normalized spacial score (nSPS) is 17.1. The fourth-order valence-electron chi connectivity index (χ4n) is 4.57. The molecular weight excluding hydrogens is 534 g/mol. The maximum Gasteiger partial charge on any atom is 0.273 e. The zero-order valence-corrected chi connectivity index (χ0v) is 22.4. The second kappa shape index (κ2) is 10.2. The summed E-state index contributed by atoms with van der Waals surface area (Å²) in [7, 11) is 0. The summed E-state index contributed by atoms with van der Waals surface area (Å²) in [6.45, 7) is 4.44. The first-order valence-electron chi connectivity index (χ1n) is 11.9. The Labute approximate surface area is 226 Å². The standard InChI is InChI=1S/C25H24ClN5O4S2/c1-16-4-5-17(26)13-19(16)31-22(20-3-2-10-33-20)28-29-24(31)37-15-21-27-18(14-36-21)23(32)30-8-6-25(7-9-30)34-11-12-35-25/h2-5,10,13-14H,6-9,11-12,15H2,1H3. The molecule has 5 heterocycles.